The molecule has 2 heterocycles. The highest BCUT2D eigenvalue weighted by molar-refractivity contribution is 5.92. The molecule has 1 aliphatic rings. The van der Waals surface area contributed by atoms with Crippen LogP contribution in [0, 0.1) is 5.92 Å². The summed E-state index contributed by atoms with van der Waals surface area (Å²) in [6.07, 6.45) is 1.27. The summed E-state index contributed by atoms with van der Waals surface area (Å²) in [5.74, 6) is -0.143. The van der Waals surface area contributed by atoms with Crippen LogP contribution in [0.5, 0.6) is 0 Å². The number of aromatic nitrogens is 2. The summed E-state index contributed by atoms with van der Waals surface area (Å²) in [5.41, 5.74) is 6.73. The van der Waals surface area contributed by atoms with Gasteiger partial charge in [-0.15, -0.1) is 0 Å². The molecule has 0 saturated carbocycles. The van der Waals surface area contributed by atoms with E-state index in [1.54, 1.807) is 4.90 Å². The lowest BCUT2D eigenvalue weighted by Gasteiger charge is -2.30. The van der Waals surface area contributed by atoms with Crippen LogP contribution in [0.3, 0.4) is 0 Å². The van der Waals surface area contributed by atoms with Crippen molar-refractivity contribution in [3.8, 4) is 0 Å². The van der Waals surface area contributed by atoms with Crippen LogP contribution in [-0.4, -0.2) is 39.6 Å². The molecular weight excluding hydrogens is 292 g/mol. The van der Waals surface area contributed by atoms with Crippen molar-refractivity contribution in [1.82, 2.24) is 14.7 Å². The van der Waals surface area contributed by atoms with Gasteiger partial charge in [0.15, 0.2) is 5.69 Å². The van der Waals surface area contributed by atoms with Crippen LogP contribution in [0.1, 0.15) is 69.6 Å². The molecule has 1 aliphatic heterocycles. The molecule has 23 heavy (non-hydrogen) atoms. The smallest absolute Gasteiger partial charge is 0.274 e. The largest absolute Gasteiger partial charge is 0.369 e. The molecule has 1 aromatic heterocycles. The van der Waals surface area contributed by atoms with Crippen molar-refractivity contribution in [1.29, 1.82) is 0 Å². The van der Waals surface area contributed by atoms with E-state index < -0.39 is 0 Å². The predicted molar refractivity (Wildman–Crippen MR) is 89.1 cm³/mol. The number of carbonyl (C=O) groups is 2. The number of nitrogens with two attached hydrogens (primary N) is 1. The molecular formula is C17H28N4O2. The van der Waals surface area contributed by atoms with Crippen molar-refractivity contribution >= 4 is 11.8 Å². The van der Waals surface area contributed by atoms with Crippen LogP contribution < -0.4 is 5.73 Å². The van der Waals surface area contributed by atoms with Gasteiger partial charge >= 0.3 is 0 Å². The minimum atomic E-state index is -0.267. The number of piperidine rings is 1. The van der Waals surface area contributed by atoms with E-state index in [0.717, 1.165) is 5.69 Å². The van der Waals surface area contributed by atoms with Crippen molar-refractivity contribution in [3.05, 3.63) is 17.5 Å². The number of primary amides is 1. The van der Waals surface area contributed by atoms with Gasteiger partial charge in [-0.3, -0.25) is 14.3 Å². The van der Waals surface area contributed by atoms with Crippen molar-refractivity contribution in [2.75, 3.05) is 13.1 Å². The minimum Gasteiger partial charge on any atom is -0.369 e. The topological polar surface area (TPSA) is 81.2 Å². The molecule has 0 atom stereocenters. The van der Waals surface area contributed by atoms with E-state index in [9.17, 15) is 9.59 Å². The highest BCUT2D eigenvalue weighted by atomic mass is 16.2. The molecule has 0 unspecified atom stereocenters. The van der Waals surface area contributed by atoms with Crippen LogP contribution in [0.25, 0.3) is 0 Å². The molecule has 2 N–H and O–H groups in total. The number of rotatable bonds is 3. The monoisotopic (exact) mass is 320 g/mol. The van der Waals surface area contributed by atoms with Gasteiger partial charge in [-0.05, 0) is 45.6 Å². The Labute approximate surface area is 138 Å². The summed E-state index contributed by atoms with van der Waals surface area (Å²) in [7, 11) is 0. The maximum Gasteiger partial charge on any atom is 0.274 e. The first-order valence-corrected chi connectivity index (χ1v) is 8.30. The van der Waals surface area contributed by atoms with Crippen molar-refractivity contribution in [2.45, 2.75) is 58.9 Å². The van der Waals surface area contributed by atoms with Crippen LogP contribution >= 0.6 is 0 Å². The van der Waals surface area contributed by atoms with Gasteiger partial charge in [0.25, 0.3) is 5.91 Å². The van der Waals surface area contributed by atoms with Gasteiger partial charge in [0.05, 0.1) is 5.54 Å². The molecule has 128 valence electrons. The number of hydrogen-bond donors (Lipinski definition) is 1. The fourth-order valence-corrected chi connectivity index (χ4v) is 2.98. The zero-order valence-electron chi connectivity index (χ0n) is 14.8. The zero-order chi connectivity index (χ0) is 17.4. The molecule has 0 bridgehead atoms. The second kappa shape index (κ2) is 6.34. The molecule has 6 nitrogen and oxygen atoms in total. The summed E-state index contributed by atoms with van der Waals surface area (Å²) in [4.78, 5) is 25.7. The molecule has 0 aromatic carbocycles. The summed E-state index contributed by atoms with van der Waals surface area (Å²) >= 11 is 0. The van der Waals surface area contributed by atoms with E-state index in [1.807, 2.05) is 10.7 Å². The predicted octanol–water partition coefficient (Wildman–Crippen LogP) is 2.10. The SMILES string of the molecule is CC(C)c1cc(C(=O)N2CCC(C(N)=O)CC2)nn1C(C)(C)C. The maximum absolute atomic E-state index is 12.7. The number of carbonyl (C=O) groups excluding carboxylic acids is 2. The average Bonchev–Trinajstić information content (AvgIpc) is 2.92. The first-order valence-electron chi connectivity index (χ1n) is 8.30. The van der Waals surface area contributed by atoms with Crippen LogP contribution in [0.15, 0.2) is 6.07 Å². The molecule has 6 heteroatoms. The van der Waals surface area contributed by atoms with E-state index in [2.05, 4.69) is 39.7 Å². The quantitative estimate of drug-likeness (QED) is 0.926. The number of amides is 2. The number of hydrogen-bond acceptors (Lipinski definition) is 3. The van der Waals surface area contributed by atoms with Gasteiger partial charge in [-0.25, -0.2) is 0 Å². The Bertz CT molecular complexity index is 590. The van der Waals surface area contributed by atoms with Gasteiger partial charge in [-0.1, -0.05) is 13.8 Å². The maximum atomic E-state index is 12.7. The molecule has 1 saturated heterocycles. The fraction of sp³-hybridized carbons (Fsp3) is 0.706. The normalized spacial score (nSPS) is 16.9. The molecule has 1 aromatic rings. The average molecular weight is 320 g/mol. The van der Waals surface area contributed by atoms with Gasteiger partial charge in [0.1, 0.15) is 0 Å². The Balaban J connectivity index is 2.19. The van der Waals surface area contributed by atoms with Crippen molar-refractivity contribution in [2.24, 2.45) is 11.7 Å². The second-order valence-electron chi connectivity index (χ2n) is 7.66. The second-order valence-corrected chi connectivity index (χ2v) is 7.66. The first kappa shape index (κ1) is 17.5. The zero-order valence-corrected chi connectivity index (χ0v) is 14.8. The third kappa shape index (κ3) is 3.74. The highest BCUT2D eigenvalue weighted by Gasteiger charge is 2.29. The Kier molecular flexibility index (Phi) is 4.82. The summed E-state index contributed by atoms with van der Waals surface area (Å²) in [6, 6.07) is 1.90. The van der Waals surface area contributed by atoms with E-state index in [1.165, 1.54) is 0 Å². The lowest BCUT2D eigenvalue weighted by molar-refractivity contribution is -0.123. The third-order valence-corrected chi connectivity index (χ3v) is 4.37. The van der Waals surface area contributed by atoms with Crippen molar-refractivity contribution < 1.29 is 9.59 Å². The molecule has 0 spiro atoms. The number of nitrogens with zero attached hydrogens (tertiary/aromatic N) is 3. The van der Waals surface area contributed by atoms with Gasteiger partial charge in [0.2, 0.25) is 5.91 Å². The molecule has 0 radical (unpaired) electrons. The van der Waals surface area contributed by atoms with Gasteiger partial charge in [0, 0.05) is 24.7 Å². The standard InChI is InChI=1S/C17H28N4O2/c1-11(2)14-10-13(19-21(14)17(3,4)5)16(23)20-8-6-12(7-9-20)15(18)22/h10-12H,6-9H2,1-5H3,(H2,18,22). The Morgan fingerprint density at radius 1 is 1.26 bits per heavy atom. The first-order chi connectivity index (χ1) is 10.6. The lowest BCUT2D eigenvalue weighted by Crippen LogP contribution is -2.42. The molecule has 2 amide bonds. The van der Waals surface area contributed by atoms with E-state index in [-0.39, 0.29) is 23.3 Å². The molecule has 2 rings (SSSR count). The highest BCUT2D eigenvalue weighted by Crippen LogP contribution is 2.25. The Hall–Kier alpha value is -1.85. The summed E-state index contributed by atoms with van der Waals surface area (Å²) in [6.45, 7) is 11.6. The molecule has 0 aliphatic carbocycles. The van der Waals surface area contributed by atoms with Gasteiger partial charge < -0.3 is 10.6 Å². The van der Waals surface area contributed by atoms with Gasteiger partial charge in [-0.2, -0.15) is 5.10 Å². The number of likely N-dealkylation sites (tertiary alicyclic amines) is 1. The van der Waals surface area contributed by atoms with Crippen molar-refractivity contribution in [3.63, 3.8) is 0 Å². The Morgan fingerprint density at radius 2 is 1.83 bits per heavy atom. The van der Waals surface area contributed by atoms with E-state index in [4.69, 9.17) is 5.73 Å². The van der Waals surface area contributed by atoms with Crippen LogP contribution in [0.4, 0.5) is 0 Å². The van der Waals surface area contributed by atoms with Crippen LogP contribution in [0.2, 0.25) is 0 Å². The lowest BCUT2D eigenvalue weighted by atomic mass is 9.96. The third-order valence-electron chi connectivity index (χ3n) is 4.37. The summed E-state index contributed by atoms with van der Waals surface area (Å²) < 4.78 is 1.95. The van der Waals surface area contributed by atoms with E-state index >= 15 is 0 Å². The van der Waals surface area contributed by atoms with Crippen LogP contribution in [-0.2, 0) is 10.3 Å². The summed E-state index contributed by atoms with van der Waals surface area (Å²) in [5, 5.41) is 4.57. The molecule has 1 fully saturated rings. The minimum absolute atomic E-state index is 0.0576. The van der Waals surface area contributed by atoms with E-state index in [0.29, 0.717) is 37.5 Å². The fourth-order valence-electron chi connectivity index (χ4n) is 2.98. The Morgan fingerprint density at radius 3 is 2.22 bits per heavy atom.